The molecule has 2 nitrogen and oxygen atoms in total. The number of rotatable bonds is 9. The van der Waals surface area contributed by atoms with Gasteiger partial charge in [-0.15, -0.1) is 0 Å². The van der Waals surface area contributed by atoms with E-state index in [0.717, 1.165) is 16.7 Å². The lowest BCUT2D eigenvalue weighted by atomic mass is 10.0. The van der Waals surface area contributed by atoms with Crippen LogP contribution in [0.25, 0.3) is 0 Å². The summed E-state index contributed by atoms with van der Waals surface area (Å²) in [5.41, 5.74) is 2.69. The average Bonchev–Trinajstić information content (AvgIpc) is 2.52. The number of hydrogen-bond acceptors (Lipinski definition) is 2. The van der Waals surface area contributed by atoms with Gasteiger partial charge in [0.05, 0.1) is 13.4 Å². The Morgan fingerprint density at radius 2 is 1.76 bits per heavy atom. The highest BCUT2D eigenvalue weighted by Gasteiger charge is 1.96. The maximum atomic E-state index is 6.95. The van der Waals surface area contributed by atoms with Crippen molar-refractivity contribution in [3.05, 3.63) is 85.3 Å². The van der Waals surface area contributed by atoms with E-state index in [1.807, 2.05) is 44.2 Å². The molecule has 0 unspecified atom stereocenters. The van der Waals surface area contributed by atoms with Gasteiger partial charge < -0.3 is 10.1 Å². The van der Waals surface area contributed by atoms with E-state index in [9.17, 15) is 0 Å². The van der Waals surface area contributed by atoms with Crippen LogP contribution in [-0.2, 0) is 4.74 Å². The van der Waals surface area contributed by atoms with Crippen LogP contribution in [-0.4, -0.2) is 13.3 Å². The van der Waals surface area contributed by atoms with E-state index in [2.05, 4.69) is 19.7 Å². The number of allylic oxidation sites excluding steroid dienone is 10. The van der Waals surface area contributed by atoms with Crippen LogP contribution < -0.4 is 0 Å². The predicted molar refractivity (Wildman–Crippen MR) is 95.7 cm³/mol. The quantitative estimate of drug-likeness (QED) is 0.336. The Labute approximate surface area is 129 Å². The van der Waals surface area contributed by atoms with Crippen molar-refractivity contribution in [2.75, 3.05) is 7.11 Å². The van der Waals surface area contributed by atoms with Gasteiger partial charge in [0.25, 0.3) is 0 Å². The molecule has 0 aromatic carbocycles. The summed E-state index contributed by atoms with van der Waals surface area (Å²) in [6.45, 7) is 15.5. The van der Waals surface area contributed by atoms with Gasteiger partial charge in [0, 0.05) is 6.21 Å². The fourth-order valence-corrected chi connectivity index (χ4v) is 1.21. The number of hydrogen-bond donors (Lipinski definition) is 1. The van der Waals surface area contributed by atoms with Gasteiger partial charge in [0.2, 0.25) is 0 Å². The summed E-state index contributed by atoms with van der Waals surface area (Å²) in [6.07, 6.45) is 16.3. The van der Waals surface area contributed by atoms with Crippen LogP contribution in [0.5, 0.6) is 0 Å². The highest BCUT2D eigenvalue weighted by Crippen LogP contribution is 2.14. The molecular weight excluding hydrogens is 258 g/mol. The first-order chi connectivity index (χ1) is 10.2. The first-order valence-corrected chi connectivity index (χ1v) is 6.88. The maximum Gasteiger partial charge on any atom is 0.0827 e. The van der Waals surface area contributed by atoms with Gasteiger partial charge in [0.15, 0.2) is 0 Å². The number of methoxy groups -OCH3 is 1. The molecular formula is C19H27NO. The predicted octanol–water partition coefficient (Wildman–Crippen LogP) is 5.55. The minimum absolute atomic E-state index is 0.701. The normalized spacial score (nSPS) is 11.3. The Morgan fingerprint density at radius 1 is 1.10 bits per heavy atom. The van der Waals surface area contributed by atoms with Crippen LogP contribution in [0, 0.1) is 5.41 Å². The molecule has 1 N–H and O–H groups in total. The molecule has 0 aromatic rings. The molecule has 0 fully saturated rings. The lowest BCUT2D eigenvalue weighted by Crippen LogP contribution is -1.84. The molecule has 0 heterocycles. The van der Waals surface area contributed by atoms with Crippen molar-refractivity contribution in [1.82, 2.24) is 0 Å². The van der Waals surface area contributed by atoms with Crippen LogP contribution >= 0.6 is 0 Å². The van der Waals surface area contributed by atoms with Crippen molar-refractivity contribution in [3.8, 4) is 0 Å². The molecule has 0 aliphatic carbocycles. The van der Waals surface area contributed by atoms with E-state index in [1.54, 1.807) is 25.5 Å². The van der Waals surface area contributed by atoms with Crippen LogP contribution in [0.4, 0.5) is 0 Å². The number of nitrogens with one attached hydrogen (secondary N) is 1. The molecule has 0 aliphatic rings. The lowest BCUT2D eigenvalue weighted by molar-refractivity contribution is 0.337. The largest absolute Gasteiger partial charge is 0.504 e. The van der Waals surface area contributed by atoms with Crippen LogP contribution in [0.2, 0.25) is 0 Å². The van der Waals surface area contributed by atoms with Crippen molar-refractivity contribution in [3.63, 3.8) is 0 Å². The standard InChI is InChI=1S/C17H21NO.C2H6/c1-5-6-9-15(2)16(3)14-17(11-13-19-4)10-7-8-12-18;1-2/h5-9,11-14,18H,1-3,10H2,4H3;1-2H3/b8-7-,9-6-,13-11-,17-14-,18-12?;. The molecule has 0 aliphatic heterocycles. The molecule has 0 radical (unpaired) electrons. The lowest BCUT2D eigenvalue weighted by Gasteiger charge is -2.02. The molecule has 2 heteroatoms. The van der Waals surface area contributed by atoms with Gasteiger partial charge in [-0.25, -0.2) is 0 Å². The molecule has 21 heavy (non-hydrogen) atoms. The van der Waals surface area contributed by atoms with Crippen molar-refractivity contribution in [1.29, 1.82) is 5.41 Å². The van der Waals surface area contributed by atoms with Crippen molar-refractivity contribution < 1.29 is 4.74 Å². The van der Waals surface area contributed by atoms with E-state index in [-0.39, 0.29) is 0 Å². The zero-order valence-corrected chi connectivity index (χ0v) is 13.4. The highest BCUT2D eigenvalue weighted by atomic mass is 16.5. The van der Waals surface area contributed by atoms with E-state index in [4.69, 9.17) is 10.1 Å². The Bertz CT molecular complexity index is 448. The van der Waals surface area contributed by atoms with E-state index >= 15 is 0 Å². The smallest absolute Gasteiger partial charge is 0.0827 e. The van der Waals surface area contributed by atoms with Gasteiger partial charge in [-0.3, -0.25) is 0 Å². The van der Waals surface area contributed by atoms with E-state index in [0.29, 0.717) is 6.42 Å². The average molecular weight is 285 g/mol. The van der Waals surface area contributed by atoms with E-state index in [1.165, 1.54) is 6.21 Å². The van der Waals surface area contributed by atoms with Gasteiger partial charge in [-0.2, -0.15) is 0 Å². The third-order valence-corrected chi connectivity index (χ3v) is 2.21. The first kappa shape index (κ1) is 21.0. The van der Waals surface area contributed by atoms with Crippen LogP contribution in [0.1, 0.15) is 20.3 Å². The second kappa shape index (κ2) is 15.7. The summed E-state index contributed by atoms with van der Waals surface area (Å²) in [5, 5.41) is 6.95. The summed E-state index contributed by atoms with van der Waals surface area (Å²) in [7, 11) is 1.60. The zero-order chi connectivity index (χ0) is 16.5. The summed E-state index contributed by atoms with van der Waals surface area (Å²) in [6, 6.07) is 0. The molecule has 0 rings (SSSR count). The van der Waals surface area contributed by atoms with E-state index < -0.39 is 0 Å². The minimum atomic E-state index is 0.701. The van der Waals surface area contributed by atoms with Crippen molar-refractivity contribution >= 4 is 6.21 Å². The highest BCUT2D eigenvalue weighted by molar-refractivity contribution is 5.67. The fourth-order valence-electron chi connectivity index (χ4n) is 1.21. The van der Waals surface area contributed by atoms with Crippen LogP contribution in [0.15, 0.2) is 85.3 Å². The molecule has 0 bridgehead atoms. The molecule has 0 spiro atoms. The Hall–Kier alpha value is -2.35. The molecule has 0 saturated carbocycles. The van der Waals surface area contributed by atoms with Crippen molar-refractivity contribution in [2.45, 2.75) is 20.3 Å². The zero-order valence-electron chi connectivity index (χ0n) is 13.4. The van der Waals surface area contributed by atoms with Gasteiger partial charge in [-0.05, 0) is 35.3 Å². The Balaban J connectivity index is 0. The molecule has 0 amide bonds. The molecule has 0 saturated heterocycles. The third-order valence-electron chi connectivity index (χ3n) is 2.21. The van der Waals surface area contributed by atoms with Crippen molar-refractivity contribution in [2.24, 2.45) is 0 Å². The summed E-state index contributed by atoms with van der Waals surface area (Å²) in [4.78, 5) is 0. The topological polar surface area (TPSA) is 33.1 Å². The first-order valence-electron chi connectivity index (χ1n) is 6.88. The monoisotopic (exact) mass is 285 g/mol. The maximum absolute atomic E-state index is 6.95. The summed E-state index contributed by atoms with van der Waals surface area (Å²) < 4.78 is 4.92. The third kappa shape index (κ3) is 12.4. The second-order valence-electron chi connectivity index (χ2n) is 3.70. The number of ether oxygens (including phenoxy) is 1. The Kier molecular flexibility index (Phi) is 15.7. The summed E-state index contributed by atoms with van der Waals surface area (Å²) >= 11 is 0. The van der Waals surface area contributed by atoms with Gasteiger partial charge >= 0.3 is 0 Å². The molecule has 0 atom stereocenters. The SMILES string of the molecule is C=C/C=C\C(=C)C(=C)/C=C(\C=C/OC)C/C=C\C=N.CC. The van der Waals surface area contributed by atoms with Gasteiger partial charge in [0.1, 0.15) is 0 Å². The Morgan fingerprint density at radius 3 is 2.29 bits per heavy atom. The van der Waals surface area contributed by atoms with Crippen LogP contribution in [0.3, 0.4) is 0 Å². The fraction of sp³-hybridized carbons (Fsp3) is 0.211. The molecule has 114 valence electrons. The second-order valence-corrected chi connectivity index (χ2v) is 3.70. The van der Waals surface area contributed by atoms with Gasteiger partial charge in [-0.1, -0.05) is 64.0 Å². The molecule has 0 aromatic heterocycles. The summed E-state index contributed by atoms with van der Waals surface area (Å²) in [5.74, 6) is 0. The minimum Gasteiger partial charge on any atom is -0.504 e.